The van der Waals surface area contributed by atoms with Crippen molar-refractivity contribution in [2.45, 2.75) is 6.92 Å². The molecular formula is C18H24N6O2S. The Bertz CT molecular complexity index is 1010. The molecule has 1 fully saturated rings. The number of nitrogens with two attached hydrogens (primary N) is 2. The van der Waals surface area contributed by atoms with E-state index in [1.54, 1.807) is 6.08 Å². The van der Waals surface area contributed by atoms with E-state index in [1.807, 2.05) is 42.0 Å². The molecule has 0 atom stereocenters. The molecule has 2 heterocycles. The van der Waals surface area contributed by atoms with Crippen molar-refractivity contribution in [2.75, 3.05) is 31.1 Å². The second-order valence-electron chi connectivity index (χ2n) is 6.39. The van der Waals surface area contributed by atoms with Crippen molar-refractivity contribution in [1.82, 2.24) is 8.87 Å². The topological polar surface area (TPSA) is 110 Å². The monoisotopic (exact) mass is 388 g/mol. The number of nitrogens with zero attached hydrogens (tertiary/aromatic N) is 4. The molecule has 1 saturated heterocycles. The SMILES string of the molecule is C=C(C)/N=C(\C=C/N)n1ccc2c(N3CCN(S(N)(=O)=O)CC3)cccc21. The van der Waals surface area contributed by atoms with Gasteiger partial charge in [-0.15, -0.1) is 0 Å². The second kappa shape index (κ2) is 7.55. The highest BCUT2D eigenvalue weighted by molar-refractivity contribution is 7.86. The number of piperazine rings is 1. The Morgan fingerprint density at radius 3 is 2.52 bits per heavy atom. The third-order valence-corrected chi connectivity index (χ3v) is 5.53. The van der Waals surface area contributed by atoms with Crippen LogP contribution in [-0.2, 0) is 10.2 Å². The van der Waals surface area contributed by atoms with E-state index in [-0.39, 0.29) is 0 Å². The number of allylic oxidation sites excluding steroid dienone is 2. The van der Waals surface area contributed by atoms with Crippen molar-refractivity contribution >= 4 is 32.6 Å². The lowest BCUT2D eigenvalue weighted by atomic mass is 10.2. The maximum atomic E-state index is 11.5. The Balaban J connectivity index is 1.96. The van der Waals surface area contributed by atoms with Gasteiger partial charge in [-0.3, -0.25) is 0 Å². The van der Waals surface area contributed by atoms with Crippen LogP contribution in [0.4, 0.5) is 5.69 Å². The number of anilines is 1. The van der Waals surface area contributed by atoms with Crippen molar-refractivity contribution in [2.24, 2.45) is 15.9 Å². The summed E-state index contributed by atoms with van der Waals surface area (Å²) in [6, 6.07) is 8.05. The summed E-state index contributed by atoms with van der Waals surface area (Å²) < 4.78 is 26.3. The largest absolute Gasteiger partial charge is 0.404 e. The van der Waals surface area contributed by atoms with Crippen molar-refractivity contribution in [3.63, 3.8) is 0 Å². The zero-order valence-electron chi connectivity index (χ0n) is 15.2. The zero-order chi connectivity index (χ0) is 19.6. The number of aromatic nitrogens is 1. The molecule has 0 aliphatic carbocycles. The molecule has 27 heavy (non-hydrogen) atoms. The van der Waals surface area contributed by atoms with Crippen LogP contribution in [0.3, 0.4) is 0 Å². The molecule has 1 aromatic carbocycles. The van der Waals surface area contributed by atoms with Crippen LogP contribution in [0.2, 0.25) is 0 Å². The molecule has 1 aliphatic rings. The summed E-state index contributed by atoms with van der Waals surface area (Å²) in [6.07, 6.45) is 5.12. The van der Waals surface area contributed by atoms with Gasteiger partial charge in [0, 0.05) is 49.1 Å². The molecule has 0 amide bonds. The number of aliphatic imine (C=N–C) groups is 1. The molecule has 9 heteroatoms. The molecule has 0 bridgehead atoms. The Morgan fingerprint density at radius 1 is 1.22 bits per heavy atom. The van der Waals surface area contributed by atoms with Crippen LogP contribution in [0.25, 0.3) is 10.9 Å². The van der Waals surface area contributed by atoms with E-state index >= 15 is 0 Å². The molecule has 8 nitrogen and oxygen atoms in total. The first kappa shape index (κ1) is 19.2. The number of hydrogen-bond acceptors (Lipinski definition) is 5. The maximum absolute atomic E-state index is 11.5. The summed E-state index contributed by atoms with van der Waals surface area (Å²) in [4.78, 5) is 6.63. The van der Waals surface area contributed by atoms with Gasteiger partial charge in [0.25, 0.3) is 10.2 Å². The summed E-state index contributed by atoms with van der Waals surface area (Å²) in [5, 5.41) is 6.29. The van der Waals surface area contributed by atoms with Gasteiger partial charge in [-0.25, -0.2) is 10.1 Å². The summed E-state index contributed by atoms with van der Waals surface area (Å²) in [5.74, 6) is 0.677. The third kappa shape index (κ3) is 4.05. The number of rotatable bonds is 4. The van der Waals surface area contributed by atoms with Gasteiger partial charge in [0.1, 0.15) is 5.84 Å². The molecule has 0 unspecified atom stereocenters. The van der Waals surface area contributed by atoms with Crippen LogP contribution in [0.15, 0.2) is 60.0 Å². The average Bonchev–Trinajstić information content (AvgIpc) is 3.04. The number of hydrogen-bond donors (Lipinski definition) is 2. The van der Waals surface area contributed by atoms with E-state index < -0.39 is 10.2 Å². The van der Waals surface area contributed by atoms with Crippen molar-refractivity contribution in [3.05, 3.63) is 55.0 Å². The highest BCUT2D eigenvalue weighted by atomic mass is 32.2. The van der Waals surface area contributed by atoms with Crippen LogP contribution < -0.4 is 15.8 Å². The predicted molar refractivity (Wildman–Crippen MR) is 110 cm³/mol. The van der Waals surface area contributed by atoms with E-state index in [0.29, 0.717) is 37.7 Å². The fourth-order valence-electron chi connectivity index (χ4n) is 3.26. The average molecular weight is 388 g/mol. The highest BCUT2D eigenvalue weighted by Crippen LogP contribution is 2.29. The normalized spacial score (nSPS) is 17.1. The lowest BCUT2D eigenvalue weighted by Gasteiger charge is -2.34. The first-order chi connectivity index (χ1) is 12.8. The van der Waals surface area contributed by atoms with Crippen molar-refractivity contribution in [1.29, 1.82) is 0 Å². The first-order valence-electron chi connectivity index (χ1n) is 8.57. The van der Waals surface area contributed by atoms with Gasteiger partial charge >= 0.3 is 0 Å². The van der Waals surface area contributed by atoms with Gasteiger partial charge in [-0.05, 0) is 37.4 Å². The van der Waals surface area contributed by atoms with Crippen LogP contribution in [0.1, 0.15) is 6.92 Å². The summed E-state index contributed by atoms with van der Waals surface area (Å²) >= 11 is 0. The molecule has 144 valence electrons. The molecule has 0 radical (unpaired) electrons. The van der Waals surface area contributed by atoms with Gasteiger partial charge in [-0.2, -0.15) is 12.7 Å². The third-order valence-electron chi connectivity index (χ3n) is 4.45. The molecule has 0 spiro atoms. The van der Waals surface area contributed by atoms with E-state index in [2.05, 4.69) is 16.5 Å². The quantitative estimate of drug-likeness (QED) is 0.606. The minimum atomic E-state index is -3.64. The number of benzene rings is 1. The van der Waals surface area contributed by atoms with Crippen LogP contribution in [0, 0.1) is 0 Å². The zero-order valence-corrected chi connectivity index (χ0v) is 16.1. The molecule has 2 aromatic rings. The molecule has 0 saturated carbocycles. The lowest BCUT2D eigenvalue weighted by molar-refractivity contribution is 0.386. The Labute approximate surface area is 159 Å². The molecule has 1 aromatic heterocycles. The van der Waals surface area contributed by atoms with Crippen molar-refractivity contribution in [3.8, 4) is 0 Å². The standard InChI is InChI=1S/C18H24N6O2S/c1-14(2)21-18(6-8-19)24-9-7-15-16(4-3-5-17(15)24)22-10-12-23(13-11-22)27(20,25)26/h3-9H,1,10-13,19H2,2H3,(H2,20,25,26)/b8-6-,21-18+. The predicted octanol–water partition coefficient (Wildman–Crippen LogP) is 1.22. The van der Waals surface area contributed by atoms with E-state index in [1.165, 1.54) is 10.5 Å². The fraction of sp³-hybridized carbons (Fsp3) is 0.278. The Hall–Kier alpha value is -2.62. The van der Waals surface area contributed by atoms with Crippen molar-refractivity contribution < 1.29 is 8.42 Å². The second-order valence-corrected chi connectivity index (χ2v) is 7.94. The smallest absolute Gasteiger partial charge is 0.277 e. The van der Waals surface area contributed by atoms with Gasteiger partial charge in [0.15, 0.2) is 0 Å². The Kier molecular flexibility index (Phi) is 5.36. The minimum Gasteiger partial charge on any atom is -0.404 e. The van der Waals surface area contributed by atoms with Gasteiger partial charge in [0.2, 0.25) is 0 Å². The van der Waals surface area contributed by atoms with Crippen LogP contribution in [0.5, 0.6) is 0 Å². The fourth-order valence-corrected chi connectivity index (χ4v) is 3.94. The molecule has 3 rings (SSSR count). The van der Waals surface area contributed by atoms with Gasteiger partial charge < -0.3 is 15.2 Å². The maximum Gasteiger partial charge on any atom is 0.277 e. The Morgan fingerprint density at radius 2 is 1.93 bits per heavy atom. The molecule has 1 aliphatic heterocycles. The first-order valence-corrected chi connectivity index (χ1v) is 10.1. The number of fused-ring (bicyclic) bond motifs is 1. The van der Waals surface area contributed by atoms with Gasteiger partial charge in [-0.1, -0.05) is 12.6 Å². The minimum absolute atomic E-state index is 0.369. The lowest BCUT2D eigenvalue weighted by Crippen LogP contribution is -2.50. The molecular weight excluding hydrogens is 364 g/mol. The van der Waals surface area contributed by atoms with E-state index in [0.717, 1.165) is 16.6 Å². The van der Waals surface area contributed by atoms with E-state index in [4.69, 9.17) is 10.9 Å². The summed E-state index contributed by atoms with van der Waals surface area (Å²) in [6.45, 7) is 7.56. The van der Waals surface area contributed by atoms with Gasteiger partial charge in [0.05, 0.1) is 5.52 Å². The summed E-state index contributed by atoms with van der Waals surface area (Å²) in [7, 11) is -3.64. The highest BCUT2D eigenvalue weighted by Gasteiger charge is 2.25. The van der Waals surface area contributed by atoms with E-state index in [9.17, 15) is 8.42 Å². The van der Waals surface area contributed by atoms with Crippen LogP contribution in [-0.4, -0.2) is 49.3 Å². The molecule has 4 N–H and O–H groups in total. The summed E-state index contributed by atoms with van der Waals surface area (Å²) in [5.41, 5.74) is 8.29. The van der Waals surface area contributed by atoms with Crippen LogP contribution >= 0.6 is 0 Å².